The molecule has 0 spiro atoms. The van der Waals surface area contributed by atoms with Crippen LogP contribution in [0, 0.1) is 0 Å². The van der Waals surface area contributed by atoms with Crippen molar-refractivity contribution in [2.45, 2.75) is 25.0 Å². The van der Waals surface area contributed by atoms with E-state index in [1.54, 1.807) is 6.07 Å². The number of nitrogens with one attached hydrogen (secondary N) is 1. The second-order valence-corrected chi connectivity index (χ2v) is 8.35. The van der Waals surface area contributed by atoms with Gasteiger partial charge in [-0.05, 0) is 43.3 Å². The predicted molar refractivity (Wildman–Crippen MR) is 89.0 cm³/mol. The maximum absolute atomic E-state index is 11.0. The molecular weight excluding hydrogens is 347 g/mol. The molecule has 1 aromatic rings. The molecule has 0 radical (unpaired) electrons. The van der Waals surface area contributed by atoms with Crippen LogP contribution in [0.5, 0.6) is 0 Å². The van der Waals surface area contributed by atoms with Crippen molar-refractivity contribution in [1.29, 1.82) is 0 Å². The van der Waals surface area contributed by atoms with E-state index in [0.717, 1.165) is 17.4 Å². The largest absolute Gasteiger partial charge is 0.391 e. The van der Waals surface area contributed by atoms with E-state index < -0.39 is 16.1 Å². The summed E-state index contributed by atoms with van der Waals surface area (Å²) >= 11 is 12.3. The van der Waals surface area contributed by atoms with Gasteiger partial charge in [0.15, 0.2) is 0 Å². The quantitative estimate of drug-likeness (QED) is 0.753. The number of aliphatic hydroxyl groups excluding tert-OH is 1. The van der Waals surface area contributed by atoms with Crippen LogP contribution in [-0.4, -0.2) is 50.9 Å². The average molecular weight is 367 g/mol. The van der Waals surface area contributed by atoms with E-state index >= 15 is 0 Å². The van der Waals surface area contributed by atoms with Crippen LogP contribution in [-0.2, 0) is 16.4 Å². The smallest absolute Gasteiger partial charge is 0.208 e. The zero-order chi connectivity index (χ0) is 16.5. The number of fused-ring (bicyclic) bond motifs is 1. The van der Waals surface area contributed by atoms with Crippen LogP contribution in [0.15, 0.2) is 12.1 Å². The first kappa shape index (κ1) is 18.0. The topological polar surface area (TPSA) is 69.6 Å². The van der Waals surface area contributed by atoms with Gasteiger partial charge in [0.1, 0.15) is 0 Å². The number of nitrogens with zero attached hydrogens (tertiary/aromatic N) is 1. The third kappa shape index (κ3) is 4.34. The number of aliphatic hydroxyl groups is 1. The molecule has 0 aliphatic heterocycles. The molecule has 1 aromatic carbocycles. The summed E-state index contributed by atoms with van der Waals surface area (Å²) in [5, 5.41) is 11.5. The summed E-state index contributed by atoms with van der Waals surface area (Å²) in [5.74, 6) is 0. The highest BCUT2D eigenvalue weighted by molar-refractivity contribution is 7.88. The van der Waals surface area contributed by atoms with Gasteiger partial charge in [0.05, 0.1) is 18.4 Å². The van der Waals surface area contributed by atoms with Crippen molar-refractivity contribution < 1.29 is 13.5 Å². The van der Waals surface area contributed by atoms with E-state index in [1.807, 2.05) is 18.0 Å². The zero-order valence-electron chi connectivity index (χ0n) is 12.5. The van der Waals surface area contributed by atoms with Crippen molar-refractivity contribution in [2.75, 3.05) is 26.4 Å². The zero-order valence-corrected chi connectivity index (χ0v) is 14.8. The Bertz CT molecular complexity index is 652. The molecule has 0 fully saturated rings. The summed E-state index contributed by atoms with van der Waals surface area (Å²) in [4.78, 5) is 2.01. The summed E-state index contributed by atoms with van der Waals surface area (Å²) in [5.41, 5.74) is 1.88. The predicted octanol–water partition coefficient (Wildman–Crippen LogP) is 1.82. The third-order valence-electron chi connectivity index (χ3n) is 3.82. The Hall–Kier alpha value is -0.370. The van der Waals surface area contributed by atoms with Crippen LogP contribution in [0.1, 0.15) is 23.6 Å². The lowest BCUT2D eigenvalue weighted by atomic mass is 10.1. The van der Waals surface area contributed by atoms with Gasteiger partial charge in [-0.25, -0.2) is 13.1 Å². The molecule has 0 aromatic heterocycles. The van der Waals surface area contributed by atoms with Gasteiger partial charge in [0, 0.05) is 23.0 Å². The lowest BCUT2D eigenvalue weighted by Gasteiger charge is -2.28. The van der Waals surface area contributed by atoms with Crippen LogP contribution in [0.25, 0.3) is 0 Å². The van der Waals surface area contributed by atoms with Crippen molar-refractivity contribution in [1.82, 2.24) is 9.62 Å². The number of hydrogen-bond acceptors (Lipinski definition) is 4. The van der Waals surface area contributed by atoms with Gasteiger partial charge in [-0.2, -0.15) is 0 Å². The third-order valence-corrected chi connectivity index (χ3v) is 5.10. The van der Waals surface area contributed by atoms with E-state index in [4.69, 9.17) is 23.2 Å². The minimum absolute atomic E-state index is 0.176. The Morgan fingerprint density at radius 2 is 2.09 bits per heavy atom. The molecule has 0 heterocycles. The first-order chi connectivity index (χ1) is 10.2. The van der Waals surface area contributed by atoms with Crippen LogP contribution in [0.3, 0.4) is 0 Å². The Labute approximate surface area is 141 Å². The molecule has 0 amide bonds. The Balaban J connectivity index is 2.04. The number of likely N-dealkylation sites (N-methyl/N-ethyl adjacent to an activating group) is 1. The summed E-state index contributed by atoms with van der Waals surface area (Å²) < 4.78 is 24.5. The van der Waals surface area contributed by atoms with Gasteiger partial charge in [-0.15, -0.1) is 0 Å². The molecule has 0 saturated carbocycles. The van der Waals surface area contributed by atoms with E-state index in [0.29, 0.717) is 36.0 Å². The fraction of sp³-hybridized carbons (Fsp3) is 0.571. The monoisotopic (exact) mass is 366 g/mol. The van der Waals surface area contributed by atoms with Crippen molar-refractivity contribution in [3.8, 4) is 0 Å². The average Bonchev–Trinajstić information content (AvgIpc) is 2.70. The summed E-state index contributed by atoms with van der Waals surface area (Å²) in [6, 6.07) is 3.35. The van der Waals surface area contributed by atoms with Gasteiger partial charge >= 0.3 is 0 Å². The molecule has 1 aliphatic carbocycles. The molecule has 22 heavy (non-hydrogen) atoms. The van der Waals surface area contributed by atoms with Crippen molar-refractivity contribution >= 4 is 33.2 Å². The first-order valence-electron chi connectivity index (χ1n) is 7.00. The molecular formula is C14H20Cl2N2O3S. The number of rotatable bonds is 6. The molecule has 2 atom stereocenters. The Kier molecular flexibility index (Phi) is 5.74. The summed E-state index contributed by atoms with van der Waals surface area (Å²) in [7, 11) is -1.26. The first-order valence-corrected chi connectivity index (χ1v) is 9.64. The van der Waals surface area contributed by atoms with Crippen molar-refractivity contribution in [3.05, 3.63) is 33.3 Å². The number of halogens is 2. The molecule has 2 rings (SSSR count). The van der Waals surface area contributed by atoms with E-state index in [9.17, 15) is 13.5 Å². The van der Waals surface area contributed by atoms with Gasteiger partial charge in [0.2, 0.25) is 10.0 Å². The Morgan fingerprint density at radius 1 is 1.41 bits per heavy atom. The minimum atomic E-state index is -3.16. The van der Waals surface area contributed by atoms with Gasteiger partial charge in [0.25, 0.3) is 0 Å². The molecule has 0 bridgehead atoms. The normalized spacial score (nSPS) is 21.4. The van der Waals surface area contributed by atoms with Crippen LogP contribution in [0.4, 0.5) is 0 Å². The molecule has 5 nitrogen and oxygen atoms in total. The lowest BCUT2D eigenvalue weighted by Crippen LogP contribution is -2.33. The highest BCUT2D eigenvalue weighted by Gasteiger charge is 2.35. The molecule has 8 heteroatoms. The van der Waals surface area contributed by atoms with Gasteiger partial charge in [-0.3, -0.25) is 4.90 Å². The van der Waals surface area contributed by atoms with Crippen LogP contribution < -0.4 is 4.72 Å². The number of sulfonamides is 1. The molecule has 0 saturated heterocycles. The highest BCUT2D eigenvalue weighted by atomic mass is 35.5. The fourth-order valence-corrected chi connectivity index (χ4v) is 3.99. The number of hydrogen-bond donors (Lipinski definition) is 2. The minimum Gasteiger partial charge on any atom is -0.391 e. The SMILES string of the molecule is CN(CCCNS(C)(=O)=O)[C@@H]1c2cc(Cl)cc(Cl)c2C[C@@H]1O. The standard InChI is InChI=1S/C14H20Cl2N2O3S/c1-18(5-3-4-17-22(2,20)21)14-11-6-9(15)7-12(16)10(11)8-13(14)19/h6-7,13-14,17,19H,3-5,8H2,1-2H3/t13-,14+/m0/s1. The van der Waals surface area contributed by atoms with Crippen molar-refractivity contribution in [3.63, 3.8) is 0 Å². The van der Waals surface area contributed by atoms with Crippen LogP contribution >= 0.6 is 23.2 Å². The second-order valence-electron chi connectivity index (χ2n) is 5.67. The molecule has 0 unspecified atom stereocenters. The second kappa shape index (κ2) is 7.03. The van der Waals surface area contributed by atoms with Gasteiger partial charge < -0.3 is 5.11 Å². The molecule has 124 valence electrons. The van der Waals surface area contributed by atoms with Crippen molar-refractivity contribution in [2.24, 2.45) is 0 Å². The van der Waals surface area contributed by atoms with E-state index in [1.165, 1.54) is 0 Å². The number of benzene rings is 1. The highest BCUT2D eigenvalue weighted by Crippen LogP contribution is 2.40. The summed E-state index contributed by atoms with van der Waals surface area (Å²) in [6.07, 6.45) is 1.74. The molecule has 2 N–H and O–H groups in total. The maximum Gasteiger partial charge on any atom is 0.208 e. The summed E-state index contributed by atoms with van der Waals surface area (Å²) in [6.45, 7) is 1.02. The van der Waals surface area contributed by atoms with E-state index in [2.05, 4.69) is 4.72 Å². The molecule has 1 aliphatic rings. The Morgan fingerprint density at radius 3 is 2.73 bits per heavy atom. The lowest BCUT2D eigenvalue weighted by molar-refractivity contribution is 0.0760. The van der Waals surface area contributed by atoms with E-state index in [-0.39, 0.29) is 6.04 Å². The van der Waals surface area contributed by atoms with Crippen LogP contribution in [0.2, 0.25) is 10.0 Å². The fourth-order valence-electron chi connectivity index (χ4n) is 2.89. The van der Waals surface area contributed by atoms with Gasteiger partial charge in [-0.1, -0.05) is 23.2 Å². The maximum atomic E-state index is 11.0.